The van der Waals surface area contributed by atoms with Crippen LogP contribution in [0.1, 0.15) is 99.6 Å². The van der Waals surface area contributed by atoms with Crippen LogP contribution in [-0.4, -0.2) is 0 Å². The number of benzene rings is 7. The average molecular weight is 857 g/mol. The summed E-state index contributed by atoms with van der Waals surface area (Å²) in [7, 11) is 0. The van der Waals surface area contributed by atoms with E-state index in [1.54, 1.807) is 0 Å². The summed E-state index contributed by atoms with van der Waals surface area (Å²) >= 11 is 0. The van der Waals surface area contributed by atoms with Crippen molar-refractivity contribution in [3.05, 3.63) is 251 Å². The summed E-state index contributed by atoms with van der Waals surface area (Å²) in [4.78, 5) is 4.95. The molecule has 1 spiro atoms. The fourth-order valence-electron chi connectivity index (χ4n) is 13.0. The molecule has 2 nitrogen and oxygen atoms in total. The minimum absolute atomic E-state index is 0.0260. The third-order valence-electron chi connectivity index (χ3n) is 15.4. The summed E-state index contributed by atoms with van der Waals surface area (Å²) in [5, 5.41) is 0. The van der Waals surface area contributed by atoms with Gasteiger partial charge in [-0.25, -0.2) is 0 Å². The van der Waals surface area contributed by atoms with Gasteiger partial charge in [-0.2, -0.15) is 0 Å². The molecule has 0 radical (unpaired) electrons. The highest BCUT2D eigenvalue weighted by atomic mass is 15.2. The van der Waals surface area contributed by atoms with Crippen LogP contribution < -0.4 is 9.80 Å². The van der Waals surface area contributed by atoms with Crippen molar-refractivity contribution in [1.82, 2.24) is 0 Å². The lowest BCUT2D eigenvalue weighted by molar-refractivity contribution is 0.320. The molecule has 3 atom stereocenters. The lowest BCUT2D eigenvalue weighted by atomic mass is 9.64. The average Bonchev–Trinajstić information content (AvgIpc) is 4.14. The molecule has 0 heterocycles. The van der Waals surface area contributed by atoms with Crippen molar-refractivity contribution in [3.8, 4) is 22.3 Å². The first-order valence-corrected chi connectivity index (χ1v) is 24.5. The lowest BCUT2D eigenvalue weighted by Gasteiger charge is -2.40. The second kappa shape index (κ2) is 17.1. The molecule has 4 aliphatic carbocycles. The zero-order valence-electron chi connectivity index (χ0n) is 38.9. The summed E-state index contributed by atoms with van der Waals surface area (Å²) in [6, 6.07) is 64.8. The molecule has 7 aromatic carbocycles. The Kier molecular flexibility index (Phi) is 10.9. The second-order valence-electron chi connectivity index (χ2n) is 18.8. The molecular weight excluding hydrogens is 797 g/mol. The predicted molar refractivity (Wildman–Crippen MR) is 279 cm³/mol. The zero-order valence-corrected chi connectivity index (χ0v) is 38.9. The number of rotatable bonds is 12. The summed E-state index contributed by atoms with van der Waals surface area (Å²) in [6.45, 7) is 8.72. The Balaban J connectivity index is 1.04. The molecule has 4 aliphatic rings. The van der Waals surface area contributed by atoms with E-state index in [1.165, 1.54) is 115 Å². The third-order valence-corrected chi connectivity index (χ3v) is 15.4. The van der Waals surface area contributed by atoms with E-state index in [9.17, 15) is 0 Å². The van der Waals surface area contributed by atoms with Crippen LogP contribution in [0.4, 0.5) is 22.7 Å². The third kappa shape index (κ3) is 6.36. The maximum absolute atomic E-state index is 2.54. The molecule has 2 fully saturated rings. The largest absolute Gasteiger partial charge is 0.311 e. The zero-order chi connectivity index (χ0) is 44.8. The summed E-state index contributed by atoms with van der Waals surface area (Å²) in [5.41, 5.74) is 20.4. The normalized spacial score (nSPS) is 19.9. The molecule has 0 N–H and O–H groups in total. The van der Waals surface area contributed by atoms with Crippen molar-refractivity contribution < 1.29 is 0 Å². The minimum Gasteiger partial charge on any atom is -0.311 e. The van der Waals surface area contributed by atoms with Gasteiger partial charge in [0.25, 0.3) is 0 Å². The van der Waals surface area contributed by atoms with Crippen LogP contribution >= 0.6 is 0 Å². The number of nitrogens with zero attached hydrogens (tertiary/aromatic N) is 2. The highest BCUT2D eigenvalue weighted by Crippen LogP contribution is 2.65. The lowest BCUT2D eigenvalue weighted by Crippen LogP contribution is -2.34. The van der Waals surface area contributed by atoms with Crippen molar-refractivity contribution in [3.63, 3.8) is 0 Å². The number of para-hydroxylation sites is 1. The highest BCUT2D eigenvalue weighted by molar-refractivity contribution is 6.00. The topological polar surface area (TPSA) is 6.48 Å². The Hall–Kier alpha value is -6.90. The van der Waals surface area contributed by atoms with Crippen LogP contribution in [0.5, 0.6) is 0 Å². The molecular formula is C64H60N2. The molecule has 0 aromatic heterocycles. The molecule has 11 rings (SSSR count). The van der Waals surface area contributed by atoms with Crippen molar-refractivity contribution in [2.75, 3.05) is 9.80 Å². The predicted octanol–water partition coefficient (Wildman–Crippen LogP) is 17.2. The first kappa shape index (κ1) is 41.8. The van der Waals surface area contributed by atoms with Crippen LogP contribution in [0.3, 0.4) is 0 Å². The minimum atomic E-state index is -0.401. The summed E-state index contributed by atoms with van der Waals surface area (Å²) < 4.78 is 0. The van der Waals surface area contributed by atoms with Crippen LogP contribution in [-0.2, 0) is 10.8 Å². The maximum atomic E-state index is 2.54. The van der Waals surface area contributed by atoms with E-state index < -0.39 is 5.41 Å². The van der Waals surface area contributed by atoms with E-state index in [0.717, 1.165) is 18.8 Å². The molecule has 7 aromatic rings. The van der Waals surface area contributed by atoms with Gasteiger partial charge in [0.05, 0.1) is 11.1 Å². The fourth-order valence-corrected chi connectivity index (χ4v) is 13.0. The van der Waals surface area contributed by atoms with Crippen LogP contribution in [0.15, 0.2) is 218 Å². The first-order valence-electron chi connectivity index (χ1n) is 24.5. The van der Waals surface area contributed by atoms with Gasteiger partial charge in [-0.1, -0.05) is 172 Å². The maximum Gasteiger partial charge on any atom is 0.0726 e. The van der Waals surface area contributed by atoms with Crippen molar-refractivity contribution in [2.24, 2.45) is 11.8 Å². The fraction of sp³-hybridized carbons (Fsp3) is 0.219. The van der Waals surface area contributed by atoms with Gasteiger partial charge in [-0.15, -0.1) is 0 Å². The molecule has 66 heavy (non-hydrogen) atoms. The number of allylic oxidation sites excluding steroid dienone is 6. The summed E-state index contributed by atoms with van der Waals surface area (Å²) in [5.74, 6) is 1.39. The SMILES string of the molecule is C/C=C\C(=C/CC)N(c1ccccc1)c1ccc(C2(c3ccc(N(C(/C=C\C)=C/CC)c4cccc5c4-c4ccccc4C54c5ccccc5-c5ccccc54)cc3)CC3CCC2C3)cc1. The van der Waals surface area contributed by atoms with Crippen molar-refractivity contribution >= 4 is 22.7 Å². The van der Waals surface area contributed by atoms with Gasteiger partial charge in [0, 0.05) is 39.4 Å². The van der Waals surface area contributed by atoms with Crippen LogP contribution in [0, 0.1) is 11.8 Å². The second-order valence-corrected chi connectivity index (χ2v) is 18.8. The van der Waals surface area contributed by atoms with E-state index in [-0.39, 0.29) is 5.41 Å². The molecule has 0 amide bonds. The Morgan fingerprint density at radius 1 is 0.500 bits per heavy atom. The highest BCUT2D eigenvalue weighted by Gasteiger charge is 2.54. The summed E-state index contributed by atoms with van der Waals surface area (Å²) in [6.07, 6.45) is 20.6. The molecule has 0 saturated heterocycles. The van der Waals surface area contributed by atoms with Crippen molar-refractivity contribution in [1.29, 1.82) is 0 Å². The van der Waals surface area contributed by atoms with E-state index in [0.29, 0.717) is 5.92 Å². The number of anilines is 4. The van der Waals surface area contributed by atoms with Gasteiger partial charge in [-0.05, 0) is 162 Å². The van der Waals surface area contributed by atoms with Gasteiger partial charge in [-0.3, -0.25) is 0 Å². The molecule has 0 aliphatic heterocycles. The van der Waals surface area contributed by atoms with Gasteiger partial charge >= 0.3 is 0 Å². The molecule has 2 saturated carbocycles. The van der Waals surface area contributed by atoms with Crippen molar-refractivity contribution in [2.45, 2.75) is 77.0 Å². The Bertz CT molecular complexity index is 2990. The number of hydrogen-bond donors (Lipinski definition) is 0. The van der Waals surface area contributed by atoms with E-state index >= 15 is 0 Å². The molecule has 3 unspecified atom stereocenters. The monoisotopic (exact) mass is 856 g/mol. The van der Waals surface area contributed by atoms with Gasteiger partial charge in [0.2, 0.25) is 0 Å². The first-order chi connectivity index (χ1) is 32.6. The molecule has 326 valence electrons. The Morgan fingerprint density at radius 3 is 1.52 bits per heavy atom. The Labute approximate surface area is 393 Å². The van der Waals surface area contributed by atoms with Gasteiger partial charge < -0.3 is 9.80 Å². The van der Waals surface area contributed by atoms with E-state index in [2.05, 4.69) is 244 Å². The molecule has 2 bridgehead atoms. The van der Waals surface area contributed by atoms with Crippen LogP contribution in [0.25, 0.3) is 22.3 Å². The van der Waals surface area contributed by atoms with E-state index in [1.807, 2.05) is 0 Å². The van der Waals surface area contributed by atoms with E-state index in [4.69, 9.17) is 0 Å². The van der Waals surface area contributed by atoms with Gasteiger partial charge in [0.1, 0.15) is 0 Å². The van der Waals surface area contributed by atoms with Gasteiger partial charge in [0.15, 0.2) is 0 Å². The standard InChI is InChI=1S/C64H60N2/c1-5-19-49(20-6-2)65(51-23-10-9-11-24-51)52-39-35-46(36-40-52)63(44-45-33-34-48(63)43-45)47-37-41-53(42-38-47)66(50(21-7-3)22-8-4)61-32-18-31-60-62(61)56-27-14-17-30-59(56)64(60)57-28-15-12-25-54(57)55-26-13-16-29-58(55)64/h5,7,9-32,35-42,45,48H,6,8,33-34,43-44H2,1-4H3/b19-5-,21-7-,49-20+,50-22+. The smallest absolute Gasteiger partial charge is 0.0726 e. The quantitative estimate of drug-likeness (QED) is 0.113. The molecule has 2 heteroatoms. The number of hydrogen-bond acceptors (Lipinski definition) is 2. The number of fused-ring (bicyclic) bond motifs is 12. The van der Waals surface area contributed by atoms with Crippen LogP contribution in [0.2, 0.25) is 0 Å². The Morgan fingerprint density at radius 2 is 0.985 bits per heavy atom.